The van der Waals surface area contributed by atoms with Gasteiger partial charge in [0.1, 0.15) is 17.4 Å². The zero-order valence-electron chi connectivity index (χ0n) is 12.9. The number of pyridine rings is 1. The first-order valence-corrected chi connectivity index (χ1v) is 7.89. The van der Waals surface area contributed by atoms with E-state index in [0.717, 1.165) is 0 Å². The number of halogens is 3. The van der Waals surface area contributed by atoms with Crippen LogP contribution in [0.3, 0.4) is 0 Å². The molecule has 1 heterocycles. The van der Waals surface area contributed by atoms with E-state index < -0.39 is 11.8 Å². The Morgan fingerprint density at radius 3 is 2.64 bits per heavy atom. The SMILES string of the molecule is COc1cc(NC(=O)Nc2ccc(Cl)cc2Cl)nc2ccc(F)cc12. The van der Waals surface area contributed by atoms with Gasteiger partial charge < -0.3 is 10.1 Å². The molecule has 0 fully saturated rings. The van der Waals surface area contributed by atoms with Gasteiger partial charge in [-0.05, 0) is 36.4 Å². The molecule has 0 aliphatic rings. The minimum atomic E-state index is -0.541. The van der Waals surface area contributed by atoms with Crippen molar-refractivity contribution in [1.82, 2.24) is 4.98 Å². The Morgan fingerprint density at radius 1 is 1.12 bits per heavy atom. The summed E-state index contributed by atoms with van der Waals surface area (Å²) in [5.41, 5.74) is 0.888. The fourth-order valence-electron chi connectivity index (χ4n) is 2.26. The van der Waals surface area contributed by atoms with Crippen LogP contribution in [-0.2, 0) is 0 Å². The van der Waals surface area contributed by atoms with Crippen LogP contribution in [0.1, 0.15) is 0 Å². The van der Waals surface area contributed by atoms with Gasteiger partial charge in [0.15, 0.2) is 0 Å². The molecule has 0 aliphatic heterocycles. The number of carbonyl (C=O) groups excluding carboxylic acids is 1. The van der Waals surface area contributed by atoms with Gasteiger partial charge in [0.2, 0.25) is 0 Å². The Morgan fingerprint density at radius 2 is 1.92 bits per heavy atom. The van der Waals surface area contributed by atoms with Gasteiger partial charge in [-0.15, -0.1) is 0 Å². The number of benzene rings is 2. The lowest BCUT2D eigenvalue weighted by Gasteiger charge is -2.11. The van der Waals surface area contributed by atoms with Crippen molar-refractivity contribution in [3.05, 3.63) is 58.3 Å². The Hall–Kier alpha value is -2.57. The Kier molecular flexibility index (Phi) is 4.92. The molecule has 25 heavy (non-hydrogen) atoms. The topological polar surface area (TPSA) is 63.2 Å². The van der Waals surface area contributed by atoms with Crippen molar-refractivity contribution < 1.29 is 13.9 Å². The van der Waals surface area contributed by atoms with Gasteiger partial charge in [0.05, 0.1) is 23.3 Å². The summed E-state index contributed by atoms with van der Waals surface area (Å²) >= 11 is 11.8. The van der Waals surface area contributed by atoms with Crippen molar-refractivity contribution in [3.63, 3.8) is 0 Å². The van der Waals surface area contributed by atoms with Crippen molar-refractivity contribution in [2.75, 3.05) is 17.7 Å². The number of nitrogens with zero attached hydrogens (tertiary/aromatic N) is 1. The van der Waals surface area contributed by atoms with Crippen LogP contribution in [0.25, 0.3) is 10.9 Å². The van der Waals surface area contributed by atoms with E-state index in [1.54, 1.807) is 12.1 Å². The molecule has 0 aliphatic carbocycles. The lowest BCUT2D eigenvalue weighted by atomic mass is 10.2. The monoisotopic (exact) mass is 379 g/mol. The van der Waals surface area contributed by atoms with Gasteiger partial charge in [0.25, 0.3) is 0 Å². The number of hydrogen-bond donors (Lipinski definition) is 2. The second-order valence-electron chi connectivity index (χ2n) is 5.07. The summed E-state index contributed by atoms with van der Waals surface area (Å²) in [6.45, 7) is 0. The molecule has 0 bridgehead atoms. The summed E-state index contributed by atoms with van der Waals surface area (Å²) in [4.78, 5) is 16.4. The normalized spacial score (nSPS) is 10.6. The number of aromatic nitrogens is 1. The molecule has 0 radical (unpaired) electrons. The molecule has 5 nitrogen and oxygen atoms in total. The smallest absolute Gasteiger partial charge is 0.324 e. The van der Waals surface area contributed by atoms with Crippen LogP contribution < -0.4 is 15.4 Å². The Bertz CT molecular complexity index is 966. The third-order valence-corrected chi connectivity index (χ3v) is 3.92. The van der Waals surface area contributed by atoms with Gasteiger partial charge in [-0.1, -0.05) is 23.2 Å². The zero-order chi connectivity index (χ0) is 18.0. The summed E-state index contributed by atoms with van der Waals surface area (Å²) in [7, 11) is 1.46. The number of anilines is 2. The number of amides is 2. The molecule has 2 aromatic carbocycles. The molecule has 8 heteroatoms. The van der Waals surface area contributed by atoms with E-state index in [2.05, 4.69) is 15.6 Å². The minimum Gasteiger partial charge on any atom is -0.496 e. The van der Waals surface area contributed by atoms with Crippen LogP contribution in [0.4, 0.5) is 20.7 Å². The Labute approximate surface area is 152 Å². The summed E-state index contributed by atoms with van der Waals surface area (Å²) in [5.74, 6) is 0.242. The highest BCUT2D eigenvalue weighted by Gasteiger charge is 2.11. The second kappa shape index (κ2) is 7.13. The first kappa shape index (κ1) is 17.3. The van der Waals surface area contributed by atoms with Gasteiger partial charge in [-0.3, -0.25) is 5.32 Å². The maximum Gasteiger partial charge on any atom is 0.324 e. The Balaban J connectivity index is 1.84. The first-order chi connectivity index (χ1) is 12.0. The lowest BCUT2D eigenvalue weighted by molar-refractivity contribution is 0.262. The standard InChI is InChI=1S/C17H12Cl2FN3O2/c1-25-15-8-16(21-13-5-3-10(20)7-11(13)15)23-17(24)22-14-4-2-9(18)6-12(14)19/h2-8H,1H3,(H2,21,22,23,24). The van der Waals surface area contributed by atoms with Crippen molar-refractivity contribution in [2.45, 2.75) is 0 Å². The molecule has 2 amide bonds. The molecule has 0 saturated carbocycles. The van der Waals surface area contributed by atoms with E-state index in [0.29, 0.717) is 32.4 Å². The highest BCUT2D eigenvalue weighted by atomic mass is 35.5. The van der Waals surface area contributed by atoms with E-state index in [1.165, 1.54) is 37.4 Å². The average molecular weight is 380 g/mol. The maximum atomic E-state index is 13.4. The predicted octanol–water partition coefficient (Wildman–Crippen LogP) is 5.33. The van der Waals surface area contributed by atoms with Gasteiger partial charge in [0, 0.05) is 16.5 Å². The molecule has 3 rings (SSSR count). The molecule has 2 N–H and O–H groups in total. The highest BCUT2D eigenvalue weighted by molar-refractivity contribution is 6.36. The fourth-order valence-corrected chi connectivity index (χ4v) is 2.72. The zero-order valence-corrected chi connectivity index (χ0v) is 14.5. The van der Waals surface area contributed by atoms with Crippen LogP contribution in [-0.4, -0.2) is 18.1 Å². The molecule has 128 valence electrons. The van der Waals surface area contributed by atoms with Crippen LogP contribution >= 0.6 is 23.2 Å². The summed E-state index contributed by atoms with van der Waals surface area (Å²) in [6.07, 6.45) is 0. The van der Waals surface area contributed by atoms with E-state index in [-0.39, 0.29) is 5.82 Å². The van der Waals surface area contributed by atoms with E-state index >= 15 is 0 Å². The molecule has 1 aromatic heterocycles. The average Bonchev–Trinajstić information content (AvgIpc) is 2.57. The molecule has 0 spiro atoms. The molecule has 0 saturated heterocycles. The number of urea groups is 1. The van der Waals surface area contributed by atoms with Gasteiger partial charge >= 0.3 is 6.03 Å². The van der Waals surface area contributed by atoms with Crippen LogP contribution in [0.5, 0.6) is 5.75 Å². The maximum absolute atomic E-state index is 13.4. The number of ether oxygens (including phenoxy) is 1. The molecule has 0 atom stereocenters. The van der Waals surface area contributed by atoms with Crippen LogP contribution in [0.2, 0.25) is 10.0 Å². The molecule has 0 unspecified atom stereocenters. The number of hydrogen-bond acceptors (Lipinski definition) is 3. The van der Waals surface area contributed by atoms with Crippen molar-refractivity contribution in [2.24, 2.45) is 0 Å². The summed E-state index contributed by atoms with van der Waals surface area (Å²) < 4.78 is 18.6. The minimum absolute atomic E-state index is 0.249. The molecular formula is C17H12Cl2FN3O2. The highest BCUT2D eigenvalue weighted by Crippen LogP contribution is 2.29. The number of nitrogens with one attached hydrogen (secondary N) is 2. The van der Waals surface area contributed by atoms with Crippen molar-refractivity contribution >= 4 is 51.6 Å². The predicted molar refractivity (Wildman–Crippen MR) is 97.4 cm³/mol. The summed E-state index contributed by atoms with van der Waals surface area (Å²) in [6, 6.07) is 9.78. The van der Waals surface area contributed by atoms with E-state index in [4.69, 9.17) is 27.9 Å². The number of rotatable bonds is 3. The summed E-state index contributed by atoms with van der Waals surface area (Å²) in [5, 5.41) is 6.46. The van der Waals surface area contributed by atoms with Crippen LogP contribution in [0.15, 0.2) is 42.5 Å². The number of fused-ring (bicyclic) bond motifs is 1. The third-order valence-electron chi connectivity index (χ3n) is 3.37. The van der Waals surface area contributed by atoms with Gasteiger partial charge in [-0.2, -0.15) is 0 Å². The first-order valence-electron chi connectivity index (χ1n) is 7.13. The van der Waals surface area contributed by atoms with Crippen molar-refractivity contribution in [3.8, 4) is 5.75 Å². The van der Waals surface area contributed by atoms with Crippen molar-refractivity contribution in [1.29, 1.82) is 0 Å². The second-order valence-corrected chi connectivity index (χ2v) is 5.92. The third kappa shape index (κ3) is 3.92. The fraction of sp³-hybridized carbons (Fsp3) is 0.0588. The molecule has 3 aromatic rings. The lowest BCUT2D eigenvalue weighted by Crippen LogP contribution is -2.20. The van der Waals surface area contributed by atoms with E-state index in [9.17, 15) is 9.18 Å². The number of methoxy groups -OCH3 is 1. The van der Waals surface area contributed by atoms with Gasteiger partial charge in [-0.25, -0.2) is 14.2 Å². The molecular weight excluding hydrogens is 368 g/mol. The number of carbonyl (C=O) groups is 1. The van der Waals surface area contributed by atoms with Crippen LogP contribution in [0, 0.1) is 5.82 Å². The van der Waals surface area contributed by atoms with E-state index in [1.807, 2.05) is 0 Å². The largest absolute Gasteiger partial charge is 0.496 e. The quantitative estimate of drug-likeness (QED) is 0.645.